The molecular weight excluding hydrogens is 224 g/mol. The monoisotopic (exact) mass is 236 g/mol. The van der Waals surface area contributed by atoms with Gasteiger partial charge in [0, 0.05) is 0 Å². The van der Waals surface area contributed by atoms with Gasteiger partial charge in [-0.3, -0.25) is 8.74 Å². The first-order valence-electron chi connectivity index (χ1n) is 2.88. The Balaban J connectivity index is 0. The van der Waals surface area contributed by atoms with Gasteiger partial charge in [-0.25, -0.2) is 10.3 Å². The van der Waals surface area contributed by atoms with Crippen LogP contribution in [0.15, 0.2) is 0 Å². The summed E-state index contributed by atoms with van der Waals surface area (Å²) >= 11 is 0. The quantitative estimate of drug-likeness (QED) is 0.489. The second kappa shape index (κ2) is 5.47. The zero-order valence-corrected chi connectivity index (χ0v) is 8.67. The summed E-state index contributed by atoms with van der Waals surface area (Å²) in [5, 5.41) is 8.37. The largest absolute Gasteiger partial charge is 0.333 e. The van der Waals surface area contributed by atoms with Gasteiger partial charge in [-0.2, -0.15) is 16.8 Å². The Kier molecular flexibility index (Phi) is 6.40. The van der Waals surface area contributed by atoms with Gasteiger partial charge < -0.3 is 0 Å². The van der Waals surface area contributed by atoms with Gasteiger partial charge in [-0.1, -0.05) is 0 Å². The number of rotatable bonds is 2. The fourth-order valence-electron chi connectivity index (χ4n) is 0.268. The van der Waals surface area contributed by atoms with E-state index >= 15 is 0 Å². The number of nitrogens with two attached hydrogens (primary N) is 2. The van der Waals surface area contributed by atoms with Crippen molar-refractivity contribution in [2.75, 3.05) is 0 Å². The standard InChI is InChI=1S/C3H9NO3S.H3NO3S/c1-3(2)7-8(4,5)6;1-5(2,3)4/h3H,1-2H3,(H2,4,5,6);(H3,1,2,3,4). The lowest BCUT2D eigenvalue weighted by atomic mass is 10.5. The molecule has 0 saturated heterocycles. The van der Waals surface area contributed by atoms with E-state index in [0.717, 1.165) is 0 Å². The van der Waals surface area contributed by atoms with Crippen molar-refractivity contribution in [3.8, 4) is 0 Å². The van der Waals surface area contributed by atoms with Crippen molar-refractivity contribution in [2.45, 2.75) is 20.0 Å². The second-order valence-corrected chi connectivity index (χ2v) is 4.36. The summed E-state index contributed by atoms with van der Waals surface area (Å²) in [7, 11) is -7.89. The van der Waals surface area contributed by atoms with E-state index in [4.69, 9.17) is 13.0 Å². The summed E-state index contributed by atoms with van der Waals surface area (Å²) < 4.78 is 49.4. The molecule has 0 radical (unpaired) electrons. The van der Waals surface area contributed by atoms with Crippen LogP contribution in [-0.4, -0.2) is 27.5 Å². The maximum absolute atomic E-state index is 10.00. The number of hydrogen-bond donors (Lipinski definition) is 3. The Morgan fingerprint density at radius 3 is 1.38 bits per heavy atom. The predicted molar refractivity (Wildman–Crippen MR) is 45.1 cm³/mol. The van der Waals surface area contributed by atoms with E-state index in [2.05, 4.69) is 14.5 Å². The number of hydrogen-bond acceptors (Lipinski definition) is 5. The molecule has 0 saturated carbocycles. The molecule has 0 aliphatic rings. The molecular formula is C3H12N2O6S2. The van der Waals surface area contributed by atoms with Crippen molar-refractivity contribution in [1.82, 2.24) is 0 Å². The fraction of sp³-hybridized carbons (Fsp3) is 1.00. The van der Waals surface area contributed by atoms with Crippen LogP contribution < -0.4 is 10.3 Å². The molecule has 0 bridgehead atoms. The molecule has 0 aromatic rings. The molecule has 8 nitrogen and oxygen atoms in total. The average molecular weight is 236 g/mol. The maximum atomic E-state index is 10.00. The zero-order valence-electron chi connectivity index (χ0n) is 7.04. The Hall–Kier alpha value is -0.260. The van der Waals surface area contributed by atoms with Gasteiger partial charge in [-0.15, -0.1) is 0 Å². The summed E-state index contributed by atoms with van der Waals surface area (Å²) in [5.74, 6) is 0. The van der Waals surface area contributed by atoms with Crippen LogP contribution in [0.1, 0.15) is 13.8 Å². The Morgan fingerprint density at radius 2 is 1.38 bits per heavy atom. The lowest BCUT2D eigenvalue weighted by Gasteiger charge is -2.00. The Morgan fingerprint density at radius 1 is 1.15 bits per heavy atom. The molecule has 82 valence electrons. The molecule has 0 rings (SSSR count). The third-order valence-corrected chi connectivity index (χ3v) is 0.980. The molecule has 0 heterocycles. The van der Waals surface area contributed by atoms with Crippen molar-refractivity contribution in [1.29, 1.82) is 0 Å². The van der Waals surface area contributed by atoms with Crippen molar-refractivity contribution in [2.24, 2.45) is 10.3 Å². The highest BCUT2D eigenvalue weighted by Crippen LogP contribution is 1.89. The minimum Gasteiger partial charge on any atom is -0.274 e. The smallest absolute Gasteiger partial charge is 0.274 e. The molecule has 0 aliphatic carbocycles. The molecule has 0 amide bonds. The van der Waals surface area contributed by atoms with Crippen LogP contribution in [0.5, 0.6) is 0 Å². The van der Waals surface area contributed by atoms with Gasteiger partial charge in [0.2, 0.25) is 0 Å². The second-order valence-electron chi connectivity index (χ2n) is 2.15. The van der Waals surface area contributed by atoms with E-state index in [1.807, 2.05) is 0 Å². The van der Waals surface area contributed by atoms with E-state index in [1.165, 1.54) is 0 Å². The van der Waals surface area contributed by atoms with E-state index in [0.29, 0.717) is 0 Å². The molecule has 0 aliphatic heterocycles. The van der Waals surface area contributed by atoms with E-state index in [-0.39, 0.29) is 6.10 Å². The molecule has 0 spiro atoms. The molecule has 0 atom stereocenters. The Labute approximate surface area is 77.0 Å². The van der Waals surface area contributed by atoms with Gasteiger partial charge in [-0.05, 0) is 13.8 Å². The highest BCUT2D eigenvalue weighted by atomic mass is 32.2. The van der Waals surface area contributed by atoms with E-state index < -0.39 is 20.6 Å². The van der Waals surface area contributed by atoms with Gasteiger partial charge in [0.05, 0.1) is 6.10 Å². The van der Waals surface area contributed by atoms with Gasteiger partial charge in [0.1, 0.15) is 0 Å². The first-order valence-corrected chi connectivity index (χ1v) is 5.85. The van der Waals surface area contributed by atoms with Crippen molar-refractivity contribution >= 4 is 20.6 Å². The van der Waals surface area contributed by atoms with Crippen LogP contribution in [0.2, 0.25) is 0 Å². The predicted octanol–water partition coefficient (Wildman–Crippen LogP) is -1.64. The lowest BCUT2D eigenvalue weighted by molar-refractivity contribution is 0.249. The lowest BCUT2D eigenvalue weighted by Crippen LogP contribution is -2.19. The third-order valence-electron chi connectivity index (χ3n) is 0.327. The van der Waals surface area contributed by atoms with Crippen LogP contribution in [0.4, 0.5) is 0 Å². The van der Waals surface area contributed by atoms with Crippen LogP contribution >= 0.6 is 0 Å². The summed E-state index contributed by atoms with van der Waals surface area (Å²) in [6.45, 7) is 3.18. The van der Waals surface area contributed by atoms with Crippen LogP contribution in [-0.2, 0) is 24.8 Å². The molecule has 0 aromatic heterocycles. The molecule has 0 fully saturated rings. The van der Waals surface area contributed by atoms with Crippen LogP contribution in [0.3, 0.4) is 0 Å². The minimum atomic E-state index is -4.17. The minimum absolute atomic E-state index is 0.370. The van der Waals surface area contributed by atoms with Crippen molar-refractivity contribution in [3.63, 3.8) is 0 Å². The third kappa shape index (κ3) is 49.6. The zero-order chi connectivity index (χ0) is 11.3. The highest BCUT2D eigenvalue weighted by Gasteiger charge is 2.03. The summed E-state index contributed by atoms with van der Waals surface area (Å²) in [6.07, 6.45) is -0.370. The van der Waals surface area contributed by atoms with Crippen LogP contribution in [0, 0.1) is 0 Å². The summed E-state index contributed by atoms with van der Waals surface area (Å²) in [5.41, 5.74) is 0. The molecule has 5 N–H and O–H groups in total. The normalized spacial score (nSPS) is 12.2. The van der Waals surface area contributed by atoms with E-state index in [1.54, 1.807) is 13.8 Å². The van der Waals surface area contributed by atoms with Crippen LogP contribution in [0.25, 0.3) is 0 Å². The molecule has 13 heavy (non-hydrogen) atoms. The highest BCUT2D eigenvalue weighted by molar-refractivity contribution is 7.84. The SMILES string of the molecule is CC(C)OS(N)(=O)=O.NS(=O)(=O)O. The molecule has 0 unspecified atom stereocenters. The van der Waals surface area contributed by atoms with Crippen molar-refractivity contribution in [3.05, 3.63) is 0 Å². The van der Waals surface area contributed by atoms with Crippen molar-refractivity contribution < 1.29 is 25.6 Å². The van der Waals surface area contributed by atoms with Gasteiger partial charge in [0.25, 0.3) is 0 Å². The van der Waals surface area contributed by atoms with Gasteiger partial charge >= 0.3 is 20.6 Å². The van der Waals surface area contributed by atoms with Gasteiger partial charge in [0.15, 0.2) is 0 Å². The summed E-state index contributed by atoms with van der Waals surface area (Å²) in [4.78, 5) is 0. The topological polar surface area (TPSA) is 150 Å². The average Bonchev–Trinajstić information content (AvgIpc) is 1.47. The maximum Gasteiger partial charge on any atom is 0.333 e. The molecule has 0 aromatic carbocycles. The first-order chi connectivity index (χ1) is 5.42. The summed E-state index contributed by atoms with van der Waals surface area (Å²) in [6, 6.07) is 0. The van der Waals surface area contributed by atoms with E-state index in [9.17, 15) is 8.42 Å². The first kappa shape index (κ1) is 15.2. The fourth-order valence-corrected chi connectivity index (χ4v) is 0.805. The molecule has 10 heteroatoms. The Bertz CT molecular complexity index is 308.